The Morgan fingerprint density at radius 2 is 1.65 bits per heavy atom. The molecule has 2 aliphatic rings. The number of nitrogens with zero attached hydrogens (tertiary/aromatic N) is 4. The molecule has 0 aliphatic carbocycles. The first kappa shape index (κ1) is 20.8. The normalized spacial score (nSPS) is 18.6. The van der Waals surface area contributed by atoms with Gasteiger partial charge in [0.1, 0.15) is 0 Å². The number of benzene rings is 2. The SMILES string of the molecule is Cc1ccc(-n2c(-c3ccc(Cl)cc3)nn(CN3CCC4(CC3)OCCO4)c2=S)cc1. The van der Waals surface area contributed by atoms with E-state index >= 15 is 0 Å². The van der Waals surface area contributed by atoms with Crippen LogP contribution >= 0.6 is 23.8 Å². The summed E-state index contributed by atoms with van der Waals surface area (Å²) in [6.45, 7) is 5.86. The lowest BCUT2D eigenvalue weighted by molar-refractivity contribution is -0.187. The molecule has 1 spiro atoms. The molecule has 5 rings (SSSR count). The zero-order chi connectivity index (χ0) is 21.4. The smallest absolute Gasteiger partial charge is 0.204 e. The highest BCUT2D eigenvalue weighted by atomic mass is 35.5. The fraction of sp³-hybridized carbons (Fsp3) is 0.391. The van der Waals surface area contributed by atoms with Crippen molar-refractivity contribution in [2.45, 2.75) is 32.2 Å². The number of aryl methyl sites for hydroxylation is 1. The van der Waals surface area contributed by atoms with E-state index in [0.29, 0.717) is 29.7 Å². The van der Waals surface area contributed by atoms with E-state index < -0.39 is 0 Å². The van der Waals surface area contributed by atoms with Crippen molar-refractivity contribution in [3.63, 3.8) is 0 Å². The average molecular weight is 457 g/mol. The highest BCUT2D eigenvalue weighted by Gasteiger charge is 2.39. The topological polar surface area (TPSA) is 44.5 Å². The first-order valence-corrected chi connectivity index (χ1v) is 11.3. The van der Waals surface area contributed by atoms with Gasteiger partial charge in [0.2, 0.25) is 4.77 Å². The van der Waals surface area contributed by atoms with Crippen LogP contribution in [-0.2, 0) is 16.1 Å². The maximum Gasteiger partial charge on any atom is 0.204 e. The van der Waals surface area contributed by atoms with Gasteiger partial charge in [-0.15, -0.1) is 5.10 Å². The van der Waals surface area contributed by atoms with Gasteiger partial charge in [-0.1, -0.05) is 29.3 Å². The highest BCUT2D eigenvalue weighted by molar-refractivity contribution is 7.71. The van der Waals surface area contributed by atoms with E-state index in [2.05, 4.69) is 36.1 Å². The lowest BCUT2D eigenvalue weighted by Crippen LogP contribution is -2.45. The Morgan fingerprint density at radius 1 is 1.00 bits per heavy atom. The Bertz CT molecular complexity index is 1110. The number of halogens is 1. The Hall–Kier alpha value is -2.03. The Kier molecular flexibility index (Phi) is 5.71. The molecule has 0 saturated carbocycles. The summed E-state index contributed by atoms with van der Waals surface area (Å²) in [4.78, 5) is 2.35. The number of hydrogen-bond donors (Lipinski definition) is 0. The number of likely N-dealkylation sites (tertiary alicyclic amines) is 1. The molecule has 2 saturated heterocycles. The van der Waals surface area contributed by atoms with Crippen molar-refractivity contribution in [1.82, 2.24) is 19.2 Å². The Balaban J connectivity index is 1.47. The van der Waals surface area contributed by atoms with Crippen molar-refractivity contribution >= 4 is 23.8 Å². The summed E-state index contributed by atoms with van der Waals surface area (Å²) in [5.41, 5.74) is 3.17. The summed E-state index contributed by atoms with van der Waals surface area (Å²) in [7, 11) is 0. The molecule has 0 radical (unpaired) electrons. The van der Waals surface area contributed by atoms with Crippen molar-refractivity contribution in [3.05, 3.63) is 63.9 Å². The van der Waals surface area contributed by atoms with Crippen LogP contribution in [0.25, 0.3) is 17.1 Å². The van der Waals surface area contributed by atoms with Crippen LogP contribution in [0.2, 0.25) is 5.02 Å². The molecule has 2 aromatic carbocycles. The minimum Gasteiger partial charge on any atom is -0.347 e. The molecule has 3 aromatic rings. The molecule has 0 N–H and O–H groups in total. The van der Waals surface area contributed by atoms with Crippen LogP contribution in [0.15, 0.2) is 48.5 Å². The molecule has 2 fully saturated rings. The van der Waals surface area contributed by atoms with Crippen molar-refractivity contribution < 1.29 is 9.47 Å². The quantitative estimate of drug-likeness (QED) is 0.526. The van der Waals surface area contributed by atoms with Gasteiger partial charge in [-0.3, -0.25) is 9.47 Å². The molecule has 162 valence electrons. The Labute approximate surface area is 192 Å². The lowest BCUT2D eigenvalue weighted by atomic mass is 10.0. The third-order valence-corrected chi connectivity index (χ3v) is 6.64. The van der Waals surface area contributed by atoms with Gasteiger partial charge in [0.05, 0.1) is 19.9 Å². The number of ether oxygens (including phenoxy) is 2. The average Bonchev–Trinajstić information content (AvgIpc) is 3.36. The van der Waals surface area contributed by atoms with E-state index in [1.54, 1.807) is 0 Å². The van der Waals surface area contributed by atoms with Crippen LogP contribution in [-0.4, -0.2) is 51.3 Å². The molecule has 2 aliphatic heterocycles. The van der Waals surface area contributed by atoms with Crippen LogP contribution in [0.1, 0.15) is 18.4 Å². The predicted octanol–water partition coefficient (Wildman–Crippen LogP) is 4.83. The third kappa shape index (κ3) is 4.21. The minimum absolute atomic E-state index is 0.381. The molecule has 0 amide bonds. The number of rotatable bonds is 4. The van der Waals surface area contributed by atoms with E-state index in [9.17, 15) is 0 Å². The first-order chi connectivity index (χ1) is 15.0. The maximum absolute atomic E-state index is 6.11. The summed E-state index contributed by atoms with van der Waals surface area (Å²) in [6.07, 6.45) is 1.73. The second-order valence-corrected chi connectivity index (χ2v) is 8.95. The molecule has 0 bridgehead atoms. The molecular weight excluding hydrogens is 432 g/mol. The minimum atomic E-state index is -0.381. The van der Waals surface area contributed by atoms with Gasteiger partial charge in [0.25, 0.3) is 0 Å². The van der Waals surface area contributed by atoms with E-state index in [4.69, 9.17) is 38.4 Å². The summed E-state index contributed by atoms with van der Waals surface area (Å²) >= 11 is 12.0. The summed E-state index contributed by atoms with van der Waals surface area (Å²) in [5.74, 6) is 0.426. The molecule has 1 aromatic heterocycles. The van der Waals surface area contributed by atoms with E-state index in [1.165, 1.54) is 5.56 Å². The number of aromatic nitrogens is 3. The van der Waals surface area contributed by atoms with Crippen molar-refractivity contribution in [2.24, 2.45) is 0 Å². The molecule has 0 atom stereocenters. The fourth-order valence-electron chi connectivity index (χ4n) is 4.22. The van der Waals surface area contributed by atoms with Crippen molar-refractivity contribution in [2.75, 3.05) is 26.3 Å². The number of piperidine rings is 1. The second-order valence-electron chi connectivity index (χ2n) is 8.15. The summed E-state index contributed by atoms with van der Waals surface area (Å²) in [6, 6.07) is 16.1. The fourth-order valence-corrected chi connectivity index (χ4v) is 4.64. The van der Waals surface area contributed by atoms with E-state index in [1.807, 2.05) is 33.5 Å². The van der Waals surface area contributed by atoms with Crippen molar-refractivity contribution in [3.8, 4) is 17.1 Å². The van der Waals surface area contributed by atoms with Gasteiger partial charge in [-0.2, -0.15) is 0 Å². The van der Waals surface area contributed by atoms with Gasteiger partial charge in [0.15, 0.2) is 11.6 Å². The zero-order valence-electron chi connectivity index (χ0n) is 17.5. The number of hydrogen-bond acceptors (Lipinski definition) is 5. The van der Waals surface area contributed by atoms with Gasteiger partial charge in [-0.05, 0) is 55.5 Å². The molecule has 31 heavy (non-hydrogen) atoms. The first-order valence-electron chi connectivity index (χ1n) is 10.6. The highest BCUT2D eigenvalue weighted by Crippen LogP contribution is 2.31. The van der Waals surface area contributed by atoms with Crippen LogP contribution in [0.4, 0.5) is 0 Å². The van der Waals surface area contributed by atoms with Gasteiger partial charge < -0.3 is 9.47 Å². The zero-order valence-corrected chi connectivity index (χ0v) is 19.0. The molecule has 8 heteroatoms. The molecule has 0 unspecified atom stereocenters. The standard InChI is InChI=1S/C23H25ClN4O2S/c1-17-2-8-20(9-3-17)28-21(18-4-6-19(24)7-5-18)25-27(22(28)31)16-26-12-10-23(11-13-26)29-14-15-30-23/h2-9H,10-16H2,1H3. The predicted molar refractivity (Wildman–Crippen MR) is 123 cm³/mol. The van der Waals surface area contributed by atoms with E-state index in [-0.39, 0.29) is 5.79 Å². The Morgan fingerprint density at radius 3 is 2.29 bits per heavy atom. The summed E-state index contributed by atoms with van der Waals surface area (Å²) in [5, 5.41) is 5.62. The van der Waals surface area contributed by atoms with E-state index in [0.717, 1.165) is 43.0 Å². The van der Waals surface area contributed by atoms with Crippen LogP contribution in [0.5, 0.6) is 0 Å². The van der Waals surface area contributed by atoms with Crippen LogP contribution < -0.4 is 0 Å². The monoisotopic (exact) mass is 456 g/mol. The third-order valence-electron chi connectivity index (χ3n) is 6.00. The summed E-state index contributed by atoms with van der Waals surface area (Å²) < 4.78 is 16.3. The van der Waals surface area contributed by atoms with Crippen LogP contribution in [0.3, 0.4) is 0 Å². The van der Waals surface area contributed by atoms with Gasteiger partial charge in [-0.25, -0.2) is 4.68 Å². The lowest BCUT2D eigenvalue weighted by Gasteiger charge is -2.37. The van der Waals surface area contributed by atoms with Gasteiger partial charge >= 0.3 is 0 Å². The van der Waals surface area contributed by atoms with Crippen molar-refractivity contribution in [1.29, 1.82) is 0 Å². The molecule has 3 heterocycles. The van der Waals surface area contributed by atoms with Gasteiger partial charge in [0, 0.05) is 42.2 Å². The maximum atomic E-state index is 6.11. The molecule has 6 nitrogen and oxygen atoms in total. The van der Waals surface area contributed by atoms with Crippen LogP contribution in [0, 0.1) is 11.7 Å². The largest absolute Gasteiger partial charge is 0.347 e. The second kappa shape index (κ2) is 8.48. The molecular formula is C23H25ClN4O2S.